The van der Waals surface area contributed by atoms with Crippen LogP contribution in [0, 0.1) is 6.92 Å². The number of benzene rings is 3. The molecule has 184 valence electrons. The summed E-state index contributed by atoms with van der Waals surface area (Å²) in [7, 11) is -7.67. The molecule has 0 saturated heterocycles. The van der Waals surface area contributed by atoms with Crippen LogP contribution in [-0.2, 0) is 19.7 Å². The molecular formula is C27H27BrO4S2Se. The van der Waals surface area contributed by atoms with E-state index in [-0.39, 0.29) is 18.5 Å². The van der Waals surface area contributed by atoms with Gasteiger partial charge in [-0.05, 0) is 0 Å². The topological polar surface area (TPSA) is 68.3 Å². The summed E-state index contributed by atoms with van der Waals surface area (Å²) in [5.41, 5.74) is 0.966. The zero-order valence-electron chi connectivity index (χ0n) is 19.5. The van der Waals surface area contributed by atoms with Crippen molar-refractivity contribution in [3.63, 3.8) is 0 Å². The van der Waals surface area contributed by atoms with E-state index in [9.17, 15) is 16.8 Å². The van der Waals surface area contributed by atoms with Crippen molar-refractivity contribution in [1.82, 2.24) is 0 Å². The molecule has 0 unspecified atom stereocenters. The molecule has 4 nitrogen and oxygen atoms in total. The Bertz CT molecular complexity index is 1410. The molecule has 0 N–H and O–H groups in total. The van der Waals surface area contributed by atoms with Gasteiger partial charge in [0.05, 0.1) is 0 Å². The van der Waals surface area contributed by atoms with Crippen LogP contribution in [0.4, 0.5) is 0 Å². The van der Waals surface area contributed by atoms with E-state index in [4.69, 9.17) is 0 Å². The average Bonchev–Trinajstić information content (AvgIpc) is 2.85. The monoisotopic (exact) mass is 638 g/mol. The molecule has 3 aromatic carbocycles. The van der Waals surface area contributed by atoms with E-state index in [1.807, 2.05) is 44.2 Å². The molecule has 0 fully saturated rings. The predicted molar refractivity (Wildman–Crippen MR) is 147 cm³/mol. The molecule has 0 aliphatic rings. The summed E-state index contributed by atoms with van der Waals surface area (Å²) in [6, 6.07) is 24.5. The van der Waals surface area contributed by atoms with Gasteiger partial charge < -0.3 is 0 Å². The molecule has 35 heavy (non-hydrogen) atoms. The molecule has 8 heteroatoms. The number of allylic oxidation sites excluding steroid dienone is 3. The Kier molecular flexibility index (Phi) is 9.73. The molecule has 0 aliphatic heterocycles. The van der Waals surface area contributed by atoms with Gasteiger partial charge in [-0.15, -0.1) is 0 Å². The van der Waals surface area contributed by atoms with Gasteiger partial charge in [-0.3, -0.25) is 0 Å². The Labute approximate surface area is 223 Å². The van der Waals surface area contributed by atoms with Crippen molar-refractivity contribution in [2.75, 3.05) is 0 Å². The van der Waals surface area contributed by atoms with Crippen LogP contribution in [0.5, 0.6) is 0 Å². The molecule has 3 rings (SSSR count). The van der Waals surface area contributed by atoms with Crippen LogP contribution in [0.2, 0.25) is 0 Å². The predicted octanol–water partition coefficient (Wildman–Crippen LogP) is 5.91. The minimum absolute atomic E-state index is 0.0582. The Morgan fingerprint density at radius 2 is 1.34 bits per heavy atom. The summed E-state index contributed by atoms with van der Waals surface area (Å²) in [6.45, 7) is 3.91. The fraction of sp³-hybridized carbons (Fsp3) is 0.185. The standard InChI is InChI=1S/C27H27BrO4S2Se/c1-3-4-15-25(33(29,30)23-18-16-21(2)17-19-23)26(35-24-13-9-6-10-14-24)20-27(28)34(31,32)22-11-7-5-8-12-22/h5-14,16-20H,3-4,15H2,1-2H3/b26-25+,27-20+. The van der Waals surface area contributed by atoms with Crippen LogP contribution in [0.15, 0.2) is 114 Å². The molecule has 0 aliphatic carbocycles. The maximum absolute atomic E-state index is 13.8. The number of hydrogen-bond donors (Lipinski definition) is 0. The third-order valence-electron chi connectivity index (χ3n) is 5.21. The van der Waals surface area contributed by atoms with Crippen molar-refractivity contribution >= 4 is 55.0 Å². The van der Waals surface area contributed by atoms with E-state index >= 15 is 0 Å². The summed E-state index contributed by atoms with van der Waals surface area (Å²) < 4.78 is 55.6. The average molecular weight is 639 g/mol. The van der Waals surface area contributed by atoms with Gasteiger partial charge in [-0.2, -0.15) is 0 Å². The molecule has 0 radical (unpaired) electrons. The Hall–Kier alpha value is -1.96. The van der Waals surface area contributed by atoms with E-state index in [1.54, 1.807) is 42.5 Å². The second-order valence-corrected chi connectivity index (χ2v) is 15.5. The first kappa shape index (κ1) is 27.6. The molecule has 3 aromatic rings. The Morgan fingerprint density at radius 3 is 1.91 bits per heavy atom. The molecule has 0 heterocycles. The fourth-order valence-electron chi connectivity index (χ4n) is 3.26. The minimum atomic E-state index is -3.84. The Balaban J connectivity index is 2.24. The van der Waals surface area contributed by atoms with Crippen molar-refractivity contribution in [3.8, 4) is 0 Å². The second kappa shape index (κ2) is 12.3. The van der Waals surface area contributed by atoms with Crippen molar-refractivity contribution in [1.29, 1.82) is 0 Å². The zero-order valence-corrected chi connectivity index (χ0v) is 24.4. The van der Waals surface area contributed by atoms with Crippen LogP contribution < -0.4 is 4.46 Å². The third-order valence-corrected chi connectivity index (χ3v) is 12.8. The van der Waals surface area contributed by atoms with E-state index in [2.05, 4.69) is 15.9 Å². The van der Waals surface area contributed by atoms with Gasteiger partial charge in [0.15, 0.2) is 0 Å². The van der Waals surface area contributed by atoms with Gasteiger partial charge in [0, 0.05) is 0 Å². The van der Waals surface area contributed by atoms with E-state index in [0.717, 1.165) is 16.4 Å². The van der Waals surface area contributed by atoms with E-state index in [1.165, 1.54) is 18.2 Å². The molecule has 0 amide bonds. The quantitative estimate of drug-likeness (QED) is 0.205. The summed E-state index contributed by atoms with van der Waals surface area (Å²) in [5.74, 6) is 0. The van der Waals surface area contributed by atoms with Crippen LogP contribution in [0.25, 0.3) is 0 Å². The summed E-state index contributed by atoms with van der Waals surface area (Å²) in [5, 5.41) is 0. The normalized spacial score (nSPS) is 13.4. The van der Waals surface area contributed by atoms with Crippen LogP contribution in [-0.4, -0.2) is 31.8 Å². The van der Waals surface area contributed by atoms with Gasteiger partial charge in [0.2, 0.25) is 0 Å². The zero-order chi connectivity index (χ0) is 25.5. The number of rotatable bonds is 10. The molecule has 0 spiro atoms. The van der Waals surface area contributed by atoms with Crippen molar-refractivity contribution in [2.45, 2.75) is 42.9 Å². The number of sulfone groups is 2. The molecular weight excluding hydrogens is 611 g/mol. The Morgan fingerprint density at radius 1 is 0.800 bits per heavy atom. The SMILES string of the molecule is CCCC/C(=C(/C=C(\Br)S(=O)(=O)c1ccccc1)[Se]c1ccccc1)S(=O)(=O)c1ccc(C)cc1. The number of halogens is 1. The number of aryl methyl sites for hydroxylation is 1. The summed E-state index contributed by atoms with van der Waals surface area (Å²) in [4.78, 5) is 0.629. The van der Waals surface area contributed by atoms with Crippen molar-refractivity contribution < 1.29 is 16.8 Å². The first-order valence-corrected chi connectivity index (χ1v) is 16.6. The van der Waals surface area contributed by atoms with Crippen LogP contribution in [0.3, 0.4) is 0 Å². The van der Waals surface area contributed by atoms with Gasteiger partial charge in [0.1, 0.15) is 0 Å². The van der Waals surface area contributed by atoms with Gasteiger partial charge in [0.25, 0.3) is 0 Å². The second-order valence-electron chi connectivity index (χ2n) is 7.89. The van der Waals surface area contributed by atoms with Crippen LogP contribution in [0.1, 0.15) is 31.7 Å². The molecule has 0 bridgehead atoms. The summed E-state index contributed by atoms with van der Waals surface area (Å²) >= 11 is 2.84. The van der Waals surface area contributed by atoms with Gasteiger partial charge >= 0.3 is 225 Å². The van der Waals surface area contributed by atoms with Crippen molar-refractivity contribution in [3.05, 3.63) is 110 Å². The molecule has 0 saturated carbocycles. The van der Waals surface area contributed by atoms with Gasteiger partial charge in [-0.1, -0.05) is 0 Å². The first-order valence-electron chi connectivity index (χ1n) is 11.1. The first-order chi connectivity index (χ1) is 16.7. The van der Waals surface area contributed by atoms with Crippen LogP contribution >= 0.6 is 15.9 Å². The third kappa shape index (κ3) is 7.05. The fourth-order valence-corrected chi connectivity index (χ4v) is 9.97. The number of hydrogen-bond acceptors (Lipinski definition) is 4. The molecule has 0 atom stereocenters. The van der Waals surface area contributed by atoms with E-state index in [0.29, 0.717) is 17.3 Å². The van der Waals surface area contributed by atoms with Crippen molar-refractivity contribution in [2.24, 2.45) is 0 Å². The number of unbranched alkanes of at least 4 members (excludes halogenated alkanes) is 1. The summed E-state index contributed by atoms with van der Waals surface area (Å²) in [6.07, 6.45) is 3.31. The maximum atomic E-state index is 13.8. The van der Waals surface area contributed by atoms with E-state index < -0.39 is 34.6 Å². The van der Waals surface area contributed by atoms with Gasteiger partial charge in [-0.25, -0.2) is 0 Å². The molecule has 0 aromatic heterocycles.